The molecule has 4 fully saturated rings. The molecular formula is C13H21+. The number of hydrogen-bond acceptors (Lipinski definition) is 0. The summed E-state index contributed by atoms with van der Waals surface area (Å²) in [5.41, 5.74) is 0.636. The third kappa shape index (κ3) is 0.899. The van der Waals surface area contributed by atoms with Crippen molar-refractivity contribution < 1.29 is 0 Å². The van der Waals surface area contributed by atoms with Crippen molar-refractivity contribution in [2.75, 3.05) is 0 Å². The van der Waals surface area contributed by atoms with Gasteiger partial charge in [0.15, 0.2) is 0 Å². The van der Waals surface area contributed by atoms with E-state index in [1.807, 2.05) is 5.92 Å². The summed E-state index contributed by atoms with van der Waals surface area (Å²) >= 11 is 0. The molecule has 4 bridgehead atoms. The molecule has 0 N–H and O–H groups in total. The van der Waals surface area contributed by atoms with Gasteiger partial charge < -0.3 is 0 Å². The smallest absolute Gasteiger partial charge is 0.0553 e. The molecule has 4 unspecified atom stereocenters. The quantitative estimate of drug-likeness (QED) is 0.495. The van der Waals surface area contributed by atoms with Crippen LogP contribution in [0.3, 0.4) is 0 Å². The van der Waals surface area contributed by atoms with Crippen molar-refractivity contribution in [2.45, 2.75) is 46.5 Å². The van der Waals surface area contributed by atoms with Gasteiger partial charge in [0.05, 0.1) is 12.8 Å². The molecule has 0 aromatic heterocycles. The lowest BCUT2D eigenvalue weighted by atomic mass is 9.43. The highest BCUT2D eigenvalue weighted by Crippen LogP contribution is 2.64. The van der Waals surface area contributed by atoms with Crippen LogP contribution in [0.15, 0.2) is 0 Å². The molecule has 4 atom stereocenters. The van der Waals surface area contributed by atoms with Crippen LogP contribution >= 0.6 is 0 Å². The predicted molar refractivity (Wildman–Crippen MR) is 55.1 cm³/mol. The van der Waals surface area contributed by atoms with Gasteiger partial charge in [0.1, 0.15) is 11.8 Å². The maximum absolute atomic E-state index is 2.52. The Morgan fingerprint density at radius 2 is 1.85 bits per heavy atom. The molecule has 13 heavy (non-hydrogen) atoms. The standard InChI is InChI=1S/C13H21/c1-8-10-4-9-5-11(7-10)13(2,3)12(8)6-9/h9-12H,4-7H2,1-3H3/q+1. The highest BCUT2D eigenvalue weighted by molar-refractivity contribution is 5.16. The van der Waals surface area contributed by atoms with Crippen molar-refractivity contribution in [3.63, 3.8) is 0 Å². The van der Waals surface area contributed by atoms with E-state index in [-0.39, 0.29) is 0 Å². The Labute approximate surface area is 82.1 Å². The van der Waals surface area contributed by atoms with E-state index in [2.05, 4.69) is 20.8 Å². The Kier molecular flexibility index (Phi) is 1.43. The van der Waals surface area contributed by atoms with Crippen molar-refractivity contribution in [1.82, 2.24) is 0 Å². The maximum Gasteiger partial charge on any atom is 0.106 e. The van der Waals surface area contributed by atoms with Crippen molar-refractivity contribution in [3.8, 4) is 0 Å². The van der Waals surface area contributed by atoms with E-state index in [1.54, 1.807) is 6.42 Å². The van der Waals surface area contributed by atoms with E-state index in [0.29, 0.717) is 5.41 Å². The summed E-state index contributed by atoms with van der Waals surface area (Å²) in [4.78, 5) is 0. The van der Waals surface area contributed by atoms with Gasteiger partial charge in [0.2, 0.25) is 0 Å². The lowest BCUT2D eigenvalue weighted by Crippen LogP contribution is -2.53. The highest BCUT2D eigenvalue weighted by Gasteiger charge is 2.62. The van der Waals surface area contributed by atoms with Gasteiger partial charge in [0, 0.05) is 5.41 Å². The lowest BCUT2D eigenvalue weighted by Gasteiger charge is -2.56. The molecule has 4 aliphatic rings. The summed E-state index contributed by atoms with van der Waals surface area (Å²) in [6.07, 6.45) is 6.12. The zero-order chi connectivity index (χ0) is 9.22. The van der Waals surface area contributed by atoms with Gasteiger partial charge in [-0.25, -0.2) is 0 Å². The first-order valence-corrected chi connectivity index (χ1v) is 5.92. The zero-order valence-corrected chi connectivity index (χ0v) is 9.14. The zero-order valence-electron chi connectivity index (χ0n) is 9.14. The molecule has 0 aromatic rings. The molecule has 0 spiro atoms. The second kappa shape index (κ2) is 2.27. The van der Waals surface area contributed by atoms with E-state index < -0.39 is 0 Å². The Balaban J connectivity index is 1.99. The third-order valence-electron chi connectivity index (χ3n) is 5.52. The molecule has 0 heteroatoms. The molecule has 0 saturated heterocycles. The van der Waals surface area contributed by atoms with Crippen molar-refractivity contribution >= 4 is 0 Å². The molecule has 0 heterocycles. The van der Waals surface area contributed by atoms with Crippen LogP contribution in [0, 0.1) is 35.0 Å². The van der Waals surface area contributed by atoms with Crippen LogP contribution in [0.5, 0.6) is 0 Å². The van der Waals surface area contributed by atoms with Crippen LogP contribution in [-0.4, -0.2) is 0 Å². The van der Waals surface area contributed by atoms with Crippen molar-refractivity contribution in [2.24, 2.45) is 29.1 Å². The average Bonchev–Trinajstić information content (AvgIpc) is 2.08. The van der Waals surface area contributed by atoms with Crippen LogP contribution in [0.1, 0.15) is 46.5 Å². The van der Waals surface area contributed by atoms with E-state index >= 15 is 0 Å². The Morgan fingerprint density at radius 3 is 2.62 bits per heavy atom. The maximum atomic E-state index is 2.52. The topological polar surface area (TPSA) is 0 Å². The number of rotatable bonds is 0. The van der Waals surface area contributed by atoms with Crippen molar-refractivity contribution in [1.29, 1.82) is 0 Å². The fraction of sp³-hybridized carbons (Fsp3) is 0.923. The van der Waals surface area contributed by atoms with Crippen LogP contribution < -0.4 is 0 Å². The first-order valence-electron chi connectivity index (χ1n) is 5.92. The lowest BCUT2D eigenvalue weighted by molar-refractivity contribution is -0.0675. The first-order chi connectivity index (χ1) is 6.09. The monoisotopic (exact) mass is 177 g/mol. The Morgan fingerprint density at radius 1 is 1.08 bits per heavy atom. The summed E-state index contributed by atoms with van der Waals surface area (Å²) in [6.45, 7) is 7.47. The summed E-state index contributed by atoms with van der Waals surface area (Å²) in [5, 5.41) is 0. The van der Waals surface area contributed by atoms with Gasteiger partial charge in [-0.2, -0.15) is 0 Å². The van der Waals surface area contributed by atoms with Crippen LogP contribution in [0.2, 0.25) is 0 Å². The SMILES string of the molecule is C[C+]1C2CC3CC(C2)C(C)(C)C1C3. The minimum Gasteiger partial charge on any atom is -0.0553 e. The van der Waals surface area contributed by atoms with Crippen LogP contribution in [0.4, 0.5) is 0 Å². The molecule has 72 valence electrons. The molecule has 4 rings (SSSR count). The fourth-order valence-corrected chi connectivity index (χ4v) is 4.59. The van der Waals surface area contributed by atoms with Crippen LogP contribution in [-0.2, 0) is 0 Å². The largest absolute Gasteiger partial charge is 0.106 e. The highest BCUT2D eigenvalue weighted by atomic mass is 14.6. The van der Waals surface area contributed by atoms with Gasteiger partial charge in [-0.15, -0.1) is 0 Å². The Hall–Kier alpha value is -0.130. The molecule has 4 aliphatic carbocycles. The van der Waals surface area contributed by atoms with E-state index in [9.17, 15) is 0 Å². The normalized spacial score (nSPS) is 51.5. The first kappa shape index (κ1) is 8.20. The van der Waals surface area contributed by atoms with E-state index in [4.69, 9.17) is 0 Å². The van der Waals surface area contributed by atoms with Crippen LogP contribution in [0.25, 0.3) is 0 Å². The molecule has 0 aliphatic heterocycles. The fourth-order valence-electron chi connectivity index (χ4n) is 4.59. The molecular weight excluding hydrogens is 156 g/mol. The predicted octanol–water partition coefficient (Wildman–Crippen LogP) is 3.67. The molecule has 4 saturated carbocycles. The van der Waals surface area contributed by atoms with Crippen molar-refractivity contribution in [3.05, 3.63) is 5.92 Å². The molecule has 0 radical (unpaired) electrons. The minimum absolute atomic E-state index is 0.636. The Bertz CT molecular complexity index is 228. The summed E-state index contributed by atoms with van der Waals surface area (Å²) in [7, 11) is 0. The average molecular weight is 177 g/mol. The minimum atomic E-state index is 0.636. The second-order valence-electron chi connectivity index (χ2n) is 6.32. The van der Waals surface area contributed by atoms with E-state index in [0.717, 1.165) is 23.7 Å². The van der Waals surface area contributed by atoms with E-state index in [1.165, 1.54) is 19.3 Å². The molecule has 0 aromatic carbocycles. The van der Waals surface area contributed by atoms with Gasteiger partial charge in [-0.1, -0.05) is 13.8 Å². The number of hydrogen-bond donors (Lipinski definition) is 0. The molecule has 0 amide bonds. The van der Waals surface area contributed by atoms with Gasteiger partial charge >= 0.3 is 0 Å². The van der Waals surface area contributed by atoms with Gasteiger partial charge in [-0.3, -0.25) is 0 Å². The summed E-state index contributed by atoms with van der Waals surface area (Å²) in [6, 6.07) is 0. The third-order valence-corrected chi connectivity index (χ3v) is 5.52. The summed E-state index contributed by atoms with van der Waals surface area (Å²) in [5.74, 6) is 6.01. The molecule has 0 nitrogen and oxygen atoms in total. The second-order valence-corrected chi connectivity index (χ2v) is 6.32. The van der Waals surface area contributed by atoms with Gasteiger partial charge in [0.25, 0.3) is 0 Å². The summed E-state index contributed by atoms with van der Waals surface area (Å²) < 4.78 is 0. The van der Waals surface area contributed by atoms with Gasteiger partial charge in [-0.05, 0) is 37.5 Å².